The summed E-state index contributed by atoms with van der Waals surface area (Å²) >= 11 is 3.14. The number of benzene rings is 1. The van der Waals surface area contributed by atoms with Crippen LogP contribution >= 0.6 is 15.9 Å². The maximum Gasteiger partial charge on any atom is 0.303 e. The van der Waals surface area contributed by atoms with Crippen molar-refractivity contribution in [3.8, 4) is 0 Å². The summed E-state index contributed by atoms with van der Waals surface area (Å²) in [7, 11) is -3.92. The first kappa shape index (κ1) is 21.5. The number of aliphatic carboxylic acids is 1. The standard InChI is InChI=1S/C20H25BrFNO4S/c21-15-9-10-17(16(22)12-15)28(26,27)23-18-13-20(18)11-5-4-7-14(20)6-2-1-3-8-19(24)25/h2,6,9-10,12,14,18,23H,1,3-5,7-8,11,13H2,(H,24,25)/b6-2-/t14-,18-,20-/m0/s1. The minimum Gasteiger partial charge on any atom is -0.481 e. The summed E-state index contributed by atoms with van der Waals surface area (Å²) in [5, 5.41) is 8.71. The number of unbranched alkanes of at least 4 members (excludes halogenated alkanes) is 1. The Balaban J connectivity index is 1.66. The summed E-state index contributed by atoms with van der Waals surface area (Å²) in [4.78, 5) is 10.3. The van der Waals surface area contributed by atoms with Gasteiger partial charge in [-0.15, -0.1) is 0 Å². The molecule has 0 heterocycles. The molecule has 28 heavy (non-hydrogen) atoms. The number of sulfonamides is 1. The van der Waals surface area contributed by atoms with Gasteiger partial charge in [-0.2, -0.15) is 0 Å². The van der Waals surface area contributed by atoms with Gasteiger partial charge in [0.2, 0.25) is 10.0 Å². The van der Waals surface area contributed by atoms with Gasteiger partial charge in [-0.05, 0) is 61.6 Å². The Morgan fingerprint density at radius 3 is 2.89 bits per heavy atom. The first-order chi connectivity index (χ1) is 13.2. The maximum absolute atomic E-state index is 14.1. The van der Waals surface area contributed by atoms with Gasteiger partial charge >= 0.3 is 5.97 Å². The number of carboxylic acid groups (broad SMARTS) is 1. The van der Waals surface area contributed by atoms with Gasteiger partial charge in [0, 0.05) is 16.9 Å². The molecule has 8 heteroatoms. The molecule has 2 fully saturated rings. The van der Waals surface area contributed by atoms with Crippen molar-refractivity contribution in [3.05, 3.63) is 40.6 Å². The fourth-order valence-corrected chi connectivity index (χ4v) is 6.04. The lowest BCUT2D eigenvalue weighted by molar-refractivity contribution is -0.137. The van der Waals surface area contributed by atoms with Gasteiger partial charge in [0.15, 0.2) is 0 Å². The van der Waals surface area contributed by atoms with Crippen LogP contribution in [0.25, 0.3) is 0 Å². The van der Waals surface area contributed by atoms with E-state index in [2.05, 4.69) is 26.7 Å². The summed E-state index contributed by atoms with van der Waals surface area (Å²) in [5.74, 6) is -1.29. The quantitative estimate of drug-likeness (QED) is 0.425. The number of carbonyl (C=O) groups is 1. The van der Waals surface area contributed by atoms with E-state index >= 15 is 0 Å². The second-order valence-electron chi connectivity index (χ2n) is 7.75. The summed E-state index contributed by atoms with van der Waals surface area (Å²) in [6.45, 7) is 0. The van der Waals surface area contributed by atoms with Gasteiger partial charge in [-0.25, -0.2) is 17.5 Å². The molecular formula is C20H25BrFNO4S. The molecule has 2 aliphatic rings. The van der Waals surface area contributed by atoms with Crippen molar-refractivity contribution in [1.82, 2.24) is 4.72 Å². The van der Waals surface area contributed by atoms with E-state index in [1.165, 1.54) is 12.1 Å². The minimum atomic E-state index is -3.92. The molecule has 3 atom stereocenters. The Hall–Kier alpha value is -1.25. The highest BCUT2D eigenvalue weighted by Gasteiger charge is 2.59. The van der Waals surface area contributed by atoms with Crippen LogP contribution in [0.15, 0.2) is 39.7 Å². The van der Waals surface area contributed by atoms with E-state index in [1.807, 2.05) is 6.08 Å². The number of hydrogen-bond donors (Lipinski definition) is 2. The highest BCUT2D eigenvalue weighted by molar-refractivity contribution is 9.10. The zero-order valence-corrected chi connectivity index (χ0v) is 17.9. The topological polar surface area (TPSA) is 83.5 Å². The summed E-state index contributed by atoms with van der Waals surface area (Å²) in [6, 6.07) is 3.76. The van der Waals surface area contributed by atoms with Crippen LogP contribution < -0.4 is 4.72 Å². The molecule has 154 valence electrons. The van der Waals surface area contributed by atoms with Gasteiger partial charge in [-0.1, -0.05) is 40.9 Å². The maximum atomic E-state index is 14.1. The van der Waals surface area contributed by atoms with Gasteiger partial charge in [0.05, 0.1) is 0 Å². The zero-order valence-electron chi connectivity index (χ0n) is 15.5. The average molecular weight is 474 g/mol. The Labute approximate surface area is 173 Å². The predicted molar refractivity (Wildman–Crippen MR) is 108 cm³/mol. The van der Waals surface area contributed by atoms with Crippen LogP contribution in [-0.2, 0) is 14.8 Å². The van der Waals surface area contributed by atoms with Gasteiger partial charge in [0.1, 0.15) is 10.7 Å². The van der Waals surface area contributed by atoms with E-state index in [0.717, 1.165) is 38.2 Å². The number of halogens is 2. The van der Waals surface area contributed by atoms with Gasteiger partial charge in [-0.3, -0.25) is 4.79 Å². The van der Waals surface area contributed by atoms with Gasteiger partial charge < -0.3 is 5.11 Å². The van der Waals surface area contributed by atoms with Crippen molar-refractivity contribution in [1.29, 1.82) is 0 Å². The summed E-state index contributed by atoms with van der Waals surface area (Å²) < 4.78 is 42.7. The van der Waals surface area contributed by atoms with Crippen LogP contribution in [0, 0.1) is 17.2 Å². The van der Waals surface area contributed by atoms with E-state index in [-0.39, 0.29) is 28.7 Å². The third kappa shape index (κ3) is 4.83. The Kier molecular flexibility index (Phi) is 6.61. The smallest absolute Gasteiger partial charge is 0.303 e. The molecule has 0 radical (unpaired) electrons. The highest BCUT2D eigenvalue weighted by Crippen LogP contribution is 2.60. The van der Waals surface area contributed by atoms with E-state index in [4.69, 9.17) is 5.11 Å². The van der Waals surface area contributed by atoms with E-state index in [9.17, 15) is 17.6 Å². The van der Waals surface area contributed by atoms with Crippen LogP contribution in [0.4, 0.5) is 4.39 Å². The largest absolute Gasteiger partial charge is 0.481 e. The van der Waals surface area contributed by atoms with Crippen LogP contribution in [-0.4, -0.2) is 25.5 Å². The number of allylic oxidation sites excluding steroid dienone is 2. The molecule has 0 bridgehead atoms. The fourth-order valence-electron chi connectivity index (χ4n) is 4.32. The lowest BCUT2D eigenvalue weighted by Gasteiger charge is -2.31. The molecular weight excluding hydrogens is 449 g/mol. The second kappa shape index (κ2) is 8.63. The number of nitrogens with one attached hydrogen (secondary N) is 1. The molecule has 1 spiro atoms. The molecule has 1 aromatic carbocycles. The van der Waals surface area contributed by atoms with Crippen molar-refractivity contribution in [3.63, 3.8) is 0 Å². The molecule has 2 N–H and O–H groups in total. The third-order valence-corrected chi connectivity index (χ3v) is 7.87. The number of hydrogen-bond acceptors (Lipinski definition) is 3. The minimum absolute atomic E-state index is 0.0968. The van der Waals surface area contributed by atoms with Gasteiger partial charge in [0.25, 0.3) is 0 Å². The van der Waals surface area contributed by atoms with E-state index in [0.29, 0.717) is 17.3 Å². The van der Waals surface area contributed by atoms with Crippen molar-refractivity contribution < 1.29 is 22.7 Å². The first-order valence-electron chi connectivity index (χ1n) is 9.60. The number of rotatable bonds is 8. The molecule has 1 aromatic rings. The van der Waals surface area contributed by atoms with E-state index < -0.39 is 21.8 Å². The monoisotopic (exact) mass is 473 g/mol. The average Bonchev–Trinajstić information content (AvgIpc) is 3.27. The Bertz CT molecular complexity index is 873. The fraction of sp³-hybridized carbons (Fsp3) is 0.550. The van der Waals surface area contributed by atoms with Crippen molar-refractivity contribution >= 4 is 31.9 Å². The highest BCUT2D eigenvalue weighted by atomic mass is 79.9. The predicted octanol–water partition coefficient (Wildman–Crippen LogP) is 4.63. The molecule has 0 unspecified atom stereocenters. The molecule has 2 aliphatic carbocycles. The number of carboxylic acids is 1. The Morgan fingerprint density at radius 1 is 1.39 bits per heavy atom. The third-order valence-electron chi connectivity index (χ3n) is 5.87. The summed E-state index contributed by atoms with van der Waals surface area (Å²) in [5.41, 5.74) is -0.0968. The normalized spacial score (nSPS) is 27.4. The lowest BCUT2D eigenvalue weighted by Crippen LogP contribution is -2.34. The van der Waals surface area contributed by atoms with Crippen molar-refractivity contribution in [2.75, 3.05) is 0 Å². The summed E-state index contributed by atoms with van der Waals surface area (Å²) in [6.07, 6.45) is 10.5. The van der Waals surface area contributed by atoms with Crippen molar-refractivity contribution in [2.24, 2.45) is 11.3 Å². The molecule has 3 rings (SSSR count). The molecule has 2 saturated carbocycles. The van der Waals surface area contributed by atoms with Crippen LogP contribution in [0.2, 0.25) is 0 Å². The molecule has 0 saturated heterocycles. The SMILES string of the molecule is O=C(O)CCC/C=C\[C@H]1CCCC[C@]12C[C@@H]2NS(=O)(=O)c1ccc(Br)cc1F. The van der Waals surface area contributed by atoms with E-state index in [1.54, 1.807) is 0 Å². The molecule has 0 amide bonds. The molecule has 0 aliphatic heterocycles. The Morgan fingerprint density at radius 2 is 2.18 bits per heavy atom. The lowest BCUT2D eigenvalue weighted by atomic mass is 9.75. The van der Waals surface area contributed by atoms with Crippen LogP contribution in [0.3, 0.4) is 0 Å². The molecule has 5 nitrogen and oxygen atoms in total. The molecule has 0 aromatic heterocycles. The van der Waals surface area contributed by atoms with Crippen LogP contribution in [0.1, 0.15) is 51.4 Å². The first-order valence-corrected chi connectivity index (χ1v) is 11.9. The van der Waals surface area contributed by atoms with Crippen LogP contribution in [0.5, 0.6) is 0 Å². The zero-order chi connectivity index (χ0) is 20.4. The van der Waals surface area contributed by atoms with Crippen molar-refractivity contribution in [2.45, 2.75) is 62.3 Å². The second-order valence-corrected chi connectivity index (χ2v) is 10.4.